The molecule has 1 aromatic carbocycles. The quantitative estimate of drug-likeness (QED) is 0.227. The van der Waals surface area contributed by atoms with Crippen molar-refractivity contribution < 1.29 is 9.53 Å². The molecule has 0 bridgehead atoms. The maximum absolute atomic E-state index is 13.8. The Morgan fingerprint density at radius 1 is 1.00 bits per heavy atom. The lowest BCUT2D eigenvalue weighted by atomic mass is 9.83. The van der Waals surface area contributed by atoms with E-state index in [4.69, 9.17) is 21.3 Å². The number of aryl methyl sites for hydroxylation is 1. The molecule has 3 aromatic heterocycles. The van der Waals surface area contributed by atoms with Gasteiger partial charge in [0.05, 0.1) is 42.3 Å². The van der Waals surface area contributed by atoms with Gasteiger partial charge >= 0.3 is 6.01 Å². The first-order valence-electron chi connectivity index (χ1n) is 15.2. The predicted octanol–water partition coefficient (Wildman–Crippen LogP) is 5.30. The molecule has 6 rings (SSSR count). The van der Waals surface area contributed by atoms with Crippen LogP contribution in [0.5, 0.6) is 6.01 Å². The van der Waals surface area contributed by atoms with Crippen molar-refractivity contribution in [2.45, 2.75) is 51.0 Å². The first kappa shape index (κ1) is 30.9. The van der Waals surface area contributed by atoms with Gasteiger partial charge in [-0.05, 0) is 49.7 Å². The average Bonchev–Trinajstić information content (AvgIpc) is 3.54. The number of nitrogens with zero attached hydrogens (tertiary/aromatic N) is 9. The molecular weight excluding hydrogens is 602 g/mol. The zero-order valence-electron chi connectivity index (χ0n) is 25.4. The van der Waals surface area contributed by atoms with Gasteiger partial charge in [-0.3, -0.25) is 19.7 Å². The summed E-state index contributed by atoms with van der Waals surface area (Å²) in [6.07, 6.45) is 15.0. The summed E-state index contributed by atoms with van der Waals surface area (Å²) in [5, 5.41) is 10.1. The number of rotatable bonds is 10. The van der Waals surface area contributed by atoms with Crippen LogP contribution in [0.1, 0.15) is 54.7 Å². The number of hydrogen-bond acceptors (Lipinski definition) is 10. The zero-order valence-corrected chi connectivity index (χ0v) is 26.1. The summed E-state index contributed by atoms with van der Waals surface area (Å²) < 4.78 is 5.05. The number of nitriles is 1. The number of carbonyl (C=O) groups is 1. The minimum Gasteiger partial charge on any atom is -0.467 e. The average molecular weight is 634 g/mol. The SMILES string of the molecule is COc1ncc(-c2cnc(N(C(=O)CCc3ccccc3)C3CCC(Cc4ncc(C#N)c(C5=NCC=C5Cl)n4)CC3)cn2)cn1. The monoisotopic (exact) mass is 633 g/mol. The van der Waals surface area contributed by atoms with Crippen LogP contribution in [0.2, 0.25) is 0 Å². The Hall–Kier alpha value is -5.08. The zero-order chi connectivity index (χ0) is 31.9. The number of carbonyl (C=O) groups excluding carboxylic acids is 1. The van der Waals surface area contributed by atoms with Crippen molar-refractivity contribution in [2.75, 3.05) is 18.6 Å². The number of allylic oxidation sites excluding steroid dienone is 1. The van der Waals surface area contributed by atoms with Gasteiger partial charge in [-0.15, -0.1) is 0 Å². The largest absolute Gasteiger partial charge is 0.467 e. The molecular formula is C34H32ClN9O2. The molecule has 0 unspecified atom stereocenters. The number of ether oxygens (including phenoxy) is 1. The van der Waals surface area contributed by atoms with E-state index in [-0.39, 0.29) is 18.0 Å². The van der Waals surface area contributed by atoms with Gasteiger partial charge in [0, 0.05) is 43.0 Å². The minimum absolute atomic E-state index is 0.0155. The van der Waals surface area contributed by atoms with Gasteiger partial charge in [-0.25, -0.2) is 24.9 Å². The predicted molar refractivity (Wildman–Crippen MR) is 173 cm³/mol. The van der Waals surface area contributed by atoms with E-state index >= 15 is 0 Å². The van der Waals surface area contributed by atoms with Crippen molar-refractivity contribution in [3.05, 3.63) is 95.1 Å². The highest BCUT2D eigenvalue weighted by molar-refractivity contribution is 6.46. The van der Waals surface area contributed by atoms with Gasteiger partial charge in [0.1, 0.15) is 23.3 Å². The molecule has 1 saturated carbocycles. The molecule has 46 heavy (non-hydrogen) atoms. The summed E-state index contributed by atoms with van der Waals surface area (Å²) in [7, 11) is 1.51. The molecule has 2 aliphatic rings. The Labute approximate surface area is 272 Å². The third-order valence-electron chi connectivity index (χ3n) is 8.31. The number of aliphatic imine (C=N–C) groups is 1. The summed E-state index contributed by atoms with van der Waals surface area (Å²) in [4.78, 5) is 46.9. The van der Waals surface area contributed by atoms with Gasteiger partial charge in [0.2, 0.25) is 5.91 Å². The van der Waals surface area contributed by atoms with E-state index in [2.05, 4.69) is 36.0 Å². The fourth-order valence-electron chi connectivity index (χ4n) is 5.91. The number of benzene rings is 1. The Morgan fingerprint density at radius 3 is 2.43 bits per heavy atom. The third-order valence-corrected chi connectivity index (χ3v) is 8.65. The Morgan fingerprint density at radius 2 is 1.78 bits per heavy atom. The highest BCUT2D eigenvalue weighted by Crippen LogP contribution is 2.33. The molecule has 0 radical (unpaired) electrons. The summed E-state index contributed by atoms with van der Waals surface area (Å²) in [6, 6.07) is 12.4. The fourth-order valence-corrected chi connectivity index (χ4v) is 6.12. The van der Waals surface area contributed by atoms with Gasteiger partial charge in [0.15, 0.2) is 5.82 Å². The van der Waals surface area contributed by atoms with Crippen molar-refractivity contribution in [2.24, 2.45) is 10.9 Å². The molecule has 12 heteroatoms. The second-order valence-electron chi connectivity index (χ2n) is 11.2. The lowest BCUT2D eigenvalue weighted by Gasteiger charge is -2.36. The molecule has 232 valence electrons. The first-order valence-corrected chi connectivity index (χ1v) is 15.6. The van der Waals surface area contributed by atoms with Crippen LogP contribution in [0.15, 0.2) is 77.4 Å². The molecule has 4 heterocycles. The van der Waals surface area contributed by atoms with Crippen LogP contribution >= 0.6 is 11.6 Å². The van der Waals surface area contributed by atoms with Crippen molar-refractivity contribution in [1.29, 1.82) is 5.26 Å². The Kier molecular flexibility index (Phi) is 9.65. The van der Waals surface area contributed by atoms with Crippen LogP contribution in [0.25, 0.3) is 11.3 Å². The van der Waals surface area contributed by atoms with Crippen LogP contribution in [0.3, 0.4) is 0 Å². The topological polar surface area (TPSA) is 143 Å². The van der Waals surface area contributed by atoms with Gasteiger partial charge in [0.25, 0.3) is 0 Å². The number of amides is 1. The maximum atomic E-state index is 13.8. The molecule has 11 nitrogen and oxygen atoms in total. The van der Waals surface area contributed by atoms with Crippen LogP contribution in [0, 0.1) is 17.2 Å². The van der Waals surface area contributed by atoms with E-state index in [1.807, 2.05) is 35.2 Å². The second-order valence-corrected chi connectivity index (χ2v) is 11.7. The van der Waals surface area contributed by atoms with E-state index in [1.54, 1.807) is 37.1 Å². The highest BCUT2D eigenvalue weighted by atomic mass is 35.5. The lowest BCUT2D eigenvalue weighted by Crippen LogP contribution is -2.43. The molecule has 1 aliphatic carbocycles. The normalized spacial score (nSPS) is 17.5. The summed E-state index contributed by atoms with van der Waals surface area (Å²) in [5.74, 6) is 1.54. The van der Waals surface area contributed by atoms with Crippen LogP contribution < -0.4 is 9.64 Å². The highest BCUT2D eigenvalue weighted by Gasteiger charge is 2.31. The molecule has 1 fully saturated rings. The van der Waals surface area contributed by atoms with E-state index < -0.39 is 0 Å². The summed E-state index contributed by atoms with van der Waals surface area (Å²) >= 11 is 6.32. The smallest absolute Gasteiger partial charge is 0.316 e. The van der Waals surface area contributed by atoms with Gasteiger partial charge in [-0.2, -0.15) is 5.26 Å². The fraction of sp³-hybridized carbons (Fsp3) is 0.324. The molecule has 0 saturated heterocycles. The van der Waals surface area contributed by atoms with Crippen molar-refractivity contribution in [3.63, 3.8) is 0 Å². The molecule has 1 amide bonds. The molecule has 1 aliphatic heterocycles. The molecule has 4 aromatic rings. The van der Waals surface area contributed by atoms with Gasteiger partial charge < -0.3 is 4.74 Å². The second kappa shape index (κ2) is 14.3. The third kappa shape index (κ3) is 7.08. The number of hydrogen-bond donors (Lipinski definition) is 0. The van der Waals surface area contributed by atoms with Crippen molar-refractivity contribution >= 4 is 29.0 Å². The number of anilines is 1. The minimum atomic E-state index is -0.0155. The first-order chi connectivity index (χ1) is 22.5. The van der Waals surface area contributed by atoms with Crippen LogP contribution in [0.4, 0.5) is 5.82 Å². The molecule has 0 spiro atoms. The molecule has 0 N–H and O–H groups in total. The van der Waals surface area contributed by atoms with E-state index in [0.717, 1.165) is 31.2 Å². The summed E-state index contributed by atoms with van der Waals surface area (Å²) in [5.41, 5.74) is 3.81. The van der Waals surface area contributed by atoms with Crippen molar-refractivity contribution in [3.8, 4) is 23.3 Å². The maximum Gasteiger partial charge on any atom is 0.316 e. The van der Waals surface area contributed by atoms with Crippen LogP contribution in [-0.4, -0.2) is 61.2 Å². The van der Waals surface area contributed by atoms with Gasteiger partial charge in [-0.1, -0.05) is 41.9 Å². The molecule has 0 atom stereocenters. The van der Waals surface area contributed by atoms with E-state index in [0.29, 0.717) is 76.6 Å². The number of aromatic nitrogens is 6. The number of methoxy groups -OCH3 is 1. The Balaban J connectivity index is 1.17. The standard InChI is InChI=1S/C34H32ClN9O2/c1-46-34-41-18-25(19-42-34)28-20-40-30(21-38-28)44(31(45)12-9-22-5-3-2-4-6-22)26-10-7-23(8-11-26)15-29-39-17-24(16-36)32(43-29)33-27(35)13-14-37-33/h2-6,13,17-21,23,26H,7-12,14-15H2,1H3. The Bertz CT molecular complexity index is 1780. The van der Waals surface area contributed by atoms with Crippen LogP contribution in [-0.2, 0) is 17.6 Å². The van der Waals surface area contributed by atoms with E-state index in [9.17, 15) is 10.1 Å². The number of halogens is 1. The lowest BCUT2D eigenvalue weighted by molar-refractivity contribution is -0.119. The summed E-state index contributed by atoms with van der Waals surface area (Å²) in [6.45, 7) is 0.478. The van der Waals surface area contributed by atoms with E-state index in [1.165, 1.54) is 7.11 Å². The van der Waals surface area contributed by atoms with Crippen molar-refractivity contribution in [1.82, 2.24) is 29.9 Å².